The fraction of sp³-hybridized carbons (Fsp3) is 0.567. The molecule has 6 heteroatoms. The van der Waals surface area contributed by atoms with Crippen molar-refractivity contribution in [3.05, 3.63) is 65.7 Å². The highest BCUT2D eigenvalue weighted by molar-refractivity contribution is 5.68. The van der Waals surface area contributed by atoms with E-state index < -0.39 is 5.60 Å². The molecule has 2 aromatic rings. The van der Waals surface area contributed by atoms with Crippen LogP contribution < -0.4 is 4.74 Å². The molecule has 36 heavy (non-hydrogen) atoms. The normalized spacial score (nSPS) is 21.2. The maximum Gasteiger partial charge on any atom is 0.410 e. The maximum atomic E-state index is 12.6. The molecule has 0 spiro atoms. The van der Waals surface area contributed by atoms with E-state index in [1.165, 1.54) is 11.1 Å². The first-order valence-electron chi connectivity index (χ1n) is 13.4. The van der Waals surface area contributed by atoms with Gasteiger partial charge >= 0.3 is 6.09 Å². The number of piperazine rings is 1. The molecular weight excluding hydrogens is 450 g/mol. The summed E-state index contributed by atoms with van der Waals surface area (Å²) in [5, 5.41) is 0. The van der Waals surface area contributed by atoms with Gasteiger partial charge < -0.3 is 14.4 Å². The fourth-order valence-corrected chi connectivity index (χ4v) is 5.70. The summed E-state index contributed by atoms with van der Waals surface area (Å²) in [6, 6.07) is 20.2. The summed E-state index contributed by atoms with van der Waals surface area (Å²) >= 11 is 0. The van der Waals surface area contributed by atoms with Crippen LogP contribution in [0.2, 0.25) is 0 Å². The second kappa shape index (κ2) is 11.7. The van der Waals surface area contributed by atoms with Gasteiger partial charge in [-0.2, -0.15) is 0 Å². The van der Waals surface area contributed by atoms with Crippen LogP contribution in [0.4, 0.5) is 4.79 Å². The molecule has 2 aliphatic heterocycles. The van der Waals surface area contributed by atoms with Gasteiger partial charge in [-0.3, -0.25) is 9.80 Å². The van der Waals surface area contributed by atoms with Crippen molar-refractivity contribution in [1.29, 1.82) is 0 Å². The van der Waals surface area contributed by atoms with Gasteiger partial charge in [0.15, 0.2) is 0 Å². The second-order valence-corrected chi connectivity index (χ2v) is 11.3. The summed E-state index contributed by atoms with van der Waals surface area (Å²) in [7, 11) is 1.71. The molecule has 2 fully saturated rings. The van der Waals surface area contributed by atoms with Gasteiger partial charge in [-0.15, -0.1) is 0 Å². The minimum absolute atomic E-state index is 0.183. The van der Waals surface area contributed by atoms with Crippen molar-refractivity contribution in [3.63, 3.8) is 0 Å². The SMILES string of the molecule is COc1ccc(CN2CCN(C(c3ccccc3)C3CCN(C(=O)OC(C)(C)C)CC3)C(C)C2)cc1. The van der Waals surface area contributed by atoms with Gasteiger partial charge in [0, 0.05) is 51.4 Å². The third-order valence-electron chi connectivity index (χ3n) is 7.46. The van der Waals surface area contributed by atoms with E-state index >= 15 is 0 Å². The topological polar surface area (TPSA) is 45.2 Å². The number of piperidine rings is 1. The van der Waals surface area contributed by atoms with Crippen LogP contribution in [0.15, 0.2) is 54.6 Å². The van der Waals surface area contributed by atoms with Crippen molar-refractivity contribution < 1.29 is 14.3 Å². The van der Waals surface area contributed by atoms with Crippen molar-refractivity contribution in [2.75, 3.05) is 39.8 Å². The summed E-state index contributed by atoms with van der Waals surface area (Å²) in [5.41, 5.74) is 2.26. The van der Waals surface area contributed by atoms with E-state index in [1.807, 2.05) is 37.8 Å². The molecule has 1 amide bonds. The average Bonchev–Trinajstić information content (AvgIpc) is 2.86. The molecule has 4 rings (SSSR count). The van der Waals surface area contributed by atoms with Crippen molar-refractivity contribution >= 4 is 6.09 Å². The highest BCUT2D eigenvalue weighted by Gasteiger charge is 2.37. The van der Waals surface area contributed by atoms with E-state index in [9.17, 15) is 4.79 Å². The lowest BCUT2D eigenvalue weighted by atomic mass is 9.83. The lowest BCUT2D eigenvalue weighted by molar-refractivity contribution is -0.00473. The van der Waals surface area contributed by atoms with Crippen LogP contribution in [0.3, 0.4) is 0 Å². The molecule has 196 valence electrons. The Hall–Kier alpha value is -2.57. The Bertz CT molecular complexity index is 965. The van der Waals surface area contributed by atoms with Gasteiger partial charge in [0.25, 0.3) is 0 Å². The second-order valence-electron chi connectivity index (χ2n) is 11.3. The first-order chi connectivity index (χ1) is 17.2. The molecule has 2 heterocycles. The van der Waals surface area contributed by atoms with Gasteiger partial charge in [-0.1, -0.05) is 42.5 Å². The number of nitrogens with zero attached hydrogens (tertiary/aromatic N) is 3. The van der Waals surface area contributed by atoms with Crippen LogP contribution in [-0.4, -0.2) is 72.3 Å². The zero-order chi connectivity index (χ0) is 25.7. The minimum Gasteiger partial charge on any atom is -0.497 e. The molecule has 0 radical (unpaired) electrons. The molecule has 6 nitrogen and oxygen atoms in total. The summed E-state index contributed by atoms with van der Waals surface area (Å²) in [4.78, 5) is 19.8. The molecule has 2 atom stereocenters. The van der Waals surface area contributed by atoms with Gasteiger partial charge in [0.05, 0.1) is 7.11 Å². The lowest BCUT2D eigenvalue weighted by Crippen LogP contribution is -2.54. The Kier molecular flexibility index (Phi) is 8.58. The molecule has 2 aromatic carbocycles. The Balaban J connectivity index is 1.41. The number of hydrogen-bond donors (Lipinski definition) is 0. The number of likely N-dealkylation sites (tertiary alicyclic amines) is 1. The highest BCUT2D eigenvalue weighted by atomic mass is 16.6. The van der Waals surface area contributed by atoms with Crippen LogP contribution in [0.5, 0.6) is 5.75 Å². The van der Waals surface area contributed by atoms with Crippen LogP contribution in [0.25, 0.3) is 0 Å². The Labute approximate surface area is 217 Å². The lowest BCUT2D eigenvalue weighted by Gasteiger charge is -2.48. The third kappa shape index (κ3) is 6.80. The van der Waals surface area contributed by atoms with E-state index in [4.69, 9.17) is 9.47 Å². The van der Waals surface area contributed by atoms with Gasteiger partial charge in [0.1, 0.15) is 11.4 Å². The standard InChI is InChI=1S/C30H43N3O3/c1-23-21-31(22-24-11-13-27(35-5)14-12-24)19-20-33(23)28(25-9-7-6-8-10-25)26-15-17-32(18-16-26)29(34)36-30(2,3)4/h6-14,23,26,28H,15-22H2,1-5H3. The predicted molar refractivity (Wildman–Crippen MR) is 144 cm³/mol. The van der Waals surface area contributed by atoms with E-state index in [0.29, 0.717) is 18.0 Å². The third-order valence-corrected chi connectivity index (χ3v) is 7.46. The molecule has 2 saturated heterocycles. The molecule has 2 unspecified atom stereocenters. The number of rotatable bonds is 6. The zero-order valence-electron chi connectivity index (χ0n) is 22.7. The van der Waals surface area contributed by atoms with E-state index in [2.05, 4.69) is 59.2 Å². The van der Waals surface area contributed by atoms with Crippen LogP contribution in [0, 0.1) is 5.92 Å². The smallest absolute Gasteiger partial charge is 0.410 e. The Morgan fingerprint density at radius 2 is 1.64 bits per heavy atom. The molecule has 0 saturated carbocycles. The Morgan fingerprint density at radius 1 is 0.972 bits per heavy atom. The van der Waals surface area contributed by atoms with Crippen molar-refractivity contribution in [1.82, 2.24) is 14.7 Å². The largest absolute Gasteiger partial charge is 0.497 e. The molecule has 0 aromatic heterocycles. The Morgan fingerprint density at radius 3 is 2.22 bits per heavy atom. The van der Waals surface area contributed by atoms with Gasteiger partial charge in [-0.25, -0.2) is 4.79 Å². The van der Waals surface area contributed by atoms with Gasteiger partial charge in [0.2, 0.25) is 0 Å². The summed E-state index contributed by atoms with van der Waals surface area (Å²) in [6.45, 7) is 13.8. The van der Waals surface area contributed by atoms with Crippen molar-refractivity contribution in [2.24, 2.45) is 5.92 Å². The number of ether oxygens (including phenoxy) is 2. The van der Waals surface area contributed by atoms with E-state index in [1.54, 1.807) is 7.11 Å². The minimum atomic E-state index is -0.457. The molecular formula is C30H43N3O3. The maximum absolute atomic E-state index is 12.6. The van der Waals surface area contributed by atoms with Crippen LogP contribution >= 0.6 is 0 Å². The summed E-state index contributed by atoms with van der Waals surface area (Å²) in [5.74, 6) is 1.42. The number of carbonyl (C=O) groups is 1. The fourth-order valence-electron chi connectivity index (χ4n) is 5.70. The van der Waals surface area contributed by atoms with Crippen molar-refractivity contribution in [2.45, 2.75) is 64.8 Å². The van der Waals surface area contributed by atoms with E-state index in [-0.39, 0.29) is 6.09 Å². The zero-order valence-corrected chi connectivity index (χ0v) is 22.7. The van der Waals surface area contributed by atoms with Gasteiger partial charge in [-0.05, 0) is 69.7 Å². The average molecular weight is 494 g/mol. The summed E-state index contributed by atoms with van der Waals surface area (Å²) in [6.07, 6.45) is 1.81. The quantitative estimate of drug-likeness (QED) is 0.525. The number of benzene rings is 2. The number of hydrogen-bond acceptors (Lipinski definition) is 5. The highest BCUT2D eigenvalue weighted by Crippen LogP contribution is 2.38. The molecule has 0 aliphatic carbocycles. The first-order valence-corrected chi connectivity index (χ1v) is 13.4. The number of amides is 1. The molecule has 0 N–H and O–H groups in total. The first kappa shape index (κ1) is 26.5. The molecule has 0 bridgehead atoms. The predicted octanol–water partition coefficient (Wildman–Crippen LogP) is 5.59. The van der Waals surface area contributed by atoms with Crippen molar-refractivity contribution in [3.8, 4) is 5.75 Å². The van der Waals surface area contributed by atoms with Crippen LogP contribution in [-0.2, 0) is 11.3 Å². The van der Waals surface area contributed by atoms with E-state index in [0.717, 1.165) is 57.9 Å². The number of carbonyl (C=O) groups excluding carboxylic acids is 1. The number of methoxy groups -OCH3 is 1. The monoisotopic (exact) mass is 493 g/mol. The summed E-state index contributed by atoms with van der Waals surface area (Å²) < 4.78 is 10.9. The molecule has 2 aliphatic rings. The van der Waals surface area contributed by atoms with Crippen LogP contribution in [0.1, 0.15) is 57.7 Å².